The maximum atomic E-state index is 12.4. The summed E-state index contributed by atoms with van der Waals surface area (Å²) in [5.41, 5.74) is 1.38. The summed E-state index contributed by atoms with van der Waals surface area (Å²) in [4.78, 5) is 38.5. The number of hydrogen-bond donors (Lipinski definition) is 2. The number of nitrogens with zero attached hydrogens (tertiary/aromatic N) is 2. The topological polar surface area (TPSA) is 95.2 Å². The maximum Gasteiger partial charge on any atom is 0.229 e. The maximum absolute atomic E-state index is 12.4. The molecule has 2 N–H and O–H groups in total. The second kappa shape index (κ2) is 7.03. The van der Waals surface area contributed by atoms with Gasteiger partial charge in [-0.15, -0.1) is 0 Å². The average molecular weight is 362 g/mol. The fourth-order valence-electron chi connectivity index (χ4n) is 3.28. The number of aromatic nitrogens is 2. The third-order valence-electron chi connectivity index (χ3n) is 4.72. The molecule has 1 aliphatic heterocycles. The molecular formula is C20H18N4O3. The number of carbonyl (C=O) groups excluding carboxylic acids is 3. The largest absolute Gasteiger partial charge is 0.348 e. The van der Waals surface area contributed by atoms with Gasteiger partial charge in [-0.1, -0.05) is 42.5 Å². The summed E-state index contributed by atoms with van der Waals surface area (Å²) in [6, 6.07) is 16.3. The Morgan fingerprint density at radius 2 is 1.85 bits per heavy atom. The lowest BCUT2D eigenvalue weighted by molar-refractivity contribution is -0.126. The SMILES string of the molecule is O=C(CNC(=O)C1CC(=O)N(c2n[nH]c3ccccc23)C1)c1ccccc1. The van der Waals surface area contributed by atoms with E-state index in [1.807, 2.05) is 30.3 Å². The smallest absolute Gasteiger partial charge is 0.229 e. The zero-order valence-electron chi connectivity index (χ0n) is 14.5. The molecule has 1 aliphatic rings. The van der Waals surface area contributed by atoms with Crippen LogP contribution in [0.4, 0.5) is 5.82 Å². The Morgan fingerprint density at radius 3 is 2.67 bits per heavy atom. The second-order valence-electron chi connectivity index (χ2n) is 6.51. The van der Waals surface area contributed by atoms with E-state index in [2.05, 4.69) is 15.5 Å². The van der Waals surface area contributed by atoms with Crippen molar-refractivity contribution in [2.45, 2.75) is 6.42 Å². The number of ketones is 1. The van der Waals surface area contributed by atoms with E-state index in [0.29, 0.717) is 11.4 Å². The Kier molecular flexibility index (Phi) is 4.42. The summed E-state index contributed by atoms with van der Waals surface area (Å²) in [6.45, 7) is 0.165. The van der Waals surface area contributed by atoms with E-state index in [0.717, 1.165) is 10.9 Å². The van der Waals surface area contributed by atoms with Crippen LogP contribution in [0.1, 0.15) is 16.8 Å². The van der Waals surface area contributed by atoms with Crippen LogP contribution in [-0.4, -0.2) is 40.9 Å². The molecule has 1 aromatic heterocycles. The molecule has 27 heavy (non-hydrogen) atoms. The van der Waals surface area contributed by atoms with Crippen molar-refractivity contribution in [1.82, 2.24) is 15.5 Å². The quantitative estimate of drug-likeness (QED) is 0.678. The van der Waals surface area contributed by atoms with E-state index in [9.17, 15) is 14.4 Å². The molecule has 0 radical (unpaired) electrons. The summed E-state index contributed by atoms with van der Waals surface area (Å²) in [6.07, 6.45) is 0.104. The van der Waals surface area contributed by atoms with E-state index in [4.69, 9.17) is 0 Å². The molecule has 1 unspecified atom stereocenters. The Labute approximate surface area is 155 Å². The van der Waals surface area contributed by atoms with Gasteiger partial charge in [-0.2, -0.15) is 5.10 Å². The van der Waals surface area contributed by atoms with Crippen LogP contribution >= 0.6 is 0 Å². The van der Waals surface area contributed by atoms with Crippen LogP contribution in [0.5, 0.6) is 0 Å². The molecule has 0 aliphatic carbocycles. The number of fused-ring (bicyclic) bond motifs is 1. The standard InChI is InChI=1S/C20H18N4O3/c25-17(13-6-2-1-3-7-13)11-21-20(27)14-10-18(26)24(12-14)19-15-8-4-5-9-16(15)22-23-19/h1-9,14H,10-12H2,(H,21,27)(H,22,23). The summed E-state index contributed by atoms with van der Waals surface area (Å²) in [5, 5.41) is 10.6. The van der Waals surface area contributed by atoms with Crippen LogP contribution in [0.25, 0.3) is 10.9 Å². The van der Waals surface area contributed by atoms with Gasteiger partial charge < -0.3 is 5.32 Å². The van der Waals surface area contributed by atoms with Crippen LogP contribution in [0.15, 0.2) is 54.6 Å². The monoisotopic (exact) mass is 362 g/mol. The molecule has 3 aromatic rings. The predicted octanol–water partition coefficient (Wildman–Crippen LogP) is 1.91. The minimum absolute atomic E-state index is 0.0845. The average Bonchev–Trinajstić information content (AvgIpc) is 3.29. The van der Waals surface area contributed by atoms with Crippen LogP contribution in [0.2, 0.25) is 0 Å². The molecule has 1 saturated heterocycles. The molecule has 1 atom stereocenters. The van der Waals surface area contributed by atoms with Gasteiger partial charge in [-0.05, 0) is 12.1 Å². The van der Waals surface area contributed by atoms with Gasteiger partial charge in [0.1, 0.15) is 0 Å². The van der Waals surface area contributed by atoms with Gasteiger partial charge in [-0.25, -0.2) is 0 Å². The third kappa shape index (κ3) is 3.31. The van der Waals surface area contributed by atoms with Crippen LogP contribution in [-0.2, 0) is 9.59 Å². The highest BCUT2D eigenvalue weighted by Gasteiger charge is 2.36. The molecule has 2 amide bonds. The van der Waals surface area contributed by atoms with Crippen LogP contribution in [0.3, 0.4) is 0 Å². The summed E-state index contributed by atoms with van der Waals surface area (Å²) >= 11 is 0. The zero-order chi connectivity index (χ0) is 18.8. The number of H-pyrrole nitrogens is 1. The Morgan fingerprint density at radius 1 is 1.11 bits per heavy atom. The molecule has 0 bridgehead atoms. The van der Waals surface area contributed by atoms with Crippen molar-refractivity contribution < 1.29 is 14.4 Å². The van der Waals surface area contributed by atoms with Crippen LogP contribution in [0, 0.1) is 5.92 Å². The van der Waals surface area contributed by atoms with Crippen molar-refractivity contribution in [3.05, 3.63) is 60.2 Å². The normalized spacial score (nSPS) is 16.7. The van der Waals surface area contributed by atoms with E-state index < -0.39 is 5.92 Å². The lowest BCUT2D eigenvalue weighted by Gasteiger charge is -2.14. The fraction of sp³-hybridized carbons (Fsp3) is 0.200. The number of carbonyl (C=O) groups is 3. The number of nitrogens with one attached hydrogen (secondary N) is 2. The number of hydrogen-bond acceptors (Lipinski definition) is 4. The number of anilines is 1. The van der Waals surface area contributed by atoms with E-state index in [1.54, 1.807) is 24.3 Å². The lowest BCUT2D eigenvalue weighted by atomic mass is 10.1. The highest BCUT2D eigenvalue weighted by molar-refractivity contribution is 6.06. The highest BCUT2D eigenvalue weighted by Crippen LogP contribution is 2.29. The van der Waals surface area contributed by atoms with Crippen molar-refractivity contribution in [2.24, 2.45) is 5.92 Å². The number of Topliss-reactive ketones (excluding diaryl/α,β-unsaturated/α-hetero) is 1. The molecular weight excluding hydrogens is 344 g/mol. The first kappa shape index (κ1) is 17.0. The lowest BCUT2D eigenvalue weighted by Crippen LogP contribution is -2.36. The molecule has 0 spiro atoms. The second-order valence-corrected chi connectivity index (χ2v) is 6.51. The molecule has 4 rings (SSSR count). The Hall–Kier alpha value is -3.48. The first-order valence-corrected chi connectivity index (χ1v) is 8.73. The minimum atomic E-state index is -0.503. The van der Waals surface area contributed by atoms with E-state index in [1.165, 1.54) is 4.90 Å². The molecule has 2 aromatic carbocycles. The van der Waals surface area contributed by atoms with Gasteiger partial charge in [0.2, 0.25) is 11.8 Å². The number of rotatable bonds is 5. The molecule has 7 heteroatoms. The summed E-state index contributed by atoms with van der Waals surface area (Å²) in [7, 11) is 0. The van der Waals surface area contributed by atoms with Crippen molar-refractivity contribution in [2.75, 3.05) is 18.0 Å². The molecule has 2 heterocycles. The number of benzene rings is 2. The van der Waals surface area contributed by atoms with Gasteiger partial charge in [0.25, 0.3) is 0 Å². The molecule has 1 fully saturated rings. The summed E-state index contributed by atoms with van der Waals surface area (Å²) < 4.78 is 0. The number of aromatic amines is 1. The van der Waals surface area contributed by atoms with E-state index in [-0.39, 0.29) is 37.1 Å². The highest BCUT2D eigenvalue weighted by atomic mass is 16.2. The molecule has 7 nitrogen and oxygen atoms in total. The fourth-order valence-corrected chi connectivity index (χ4v) is 3.28. The van der Waals surface area contributed by atoms with Gasteiger partial charge in [-0.3, -0.25) is 24.4 Å². The number of amides is 2. The van der Waals surface area contributed by atoms with Crippen molar-refractivity contribution in [3.63, 3.8) is 0 Å². The predicted molar refractivity (Wildman–Crippen MR) is 100 cm³/mol. The van der Waals surface area contributed by atoms with Crippen molar-refractivity contribution in [3.8, 4) is 0 Å². The van der Waals surface area contributed by atoms with Crippen molar-refractivity contribution in [1.29, 1.82) is 0 Å². The molecule has 0 saturated carbocycles. The van der Waals surface area contributed by atoms with Crippen LogP contribution < -0.4 is 10.2 Å². The Bertz CT molecular complexity index is 1010. The van der Waals surface area contributed by atoms with Gasteiger partial charge in [0, 0.05) is 23.9 Å². The summed E-state index contributed by atoms with van der Waals surface area (Å²) in [5.74, 6) is -0.581. The zero-order valence-corrected chi connectivity index (χ0v) is 14.5. The molecule has 136 valence electrons. The third-order valence-corrected chi connectivity index (χ3v) is 4.72. The number of para-hydroxylation sites is 1. The van der Waals surface area contributed by atoms with Crippen molar-refractivity contribution >= 4 is 34.3 Å². The first-order chi connectivity index (χ1) is 13.1. The van der Waals surface area contributed by atoms with Gasteiger partial charge in [0.05, 0.1) is 18.0 Å². The van der Waals surface area contributed by atoms with Gasteiger partial charge in [0.15, 0.2) is 11.6 Å². The minimum Gasteiger partial charge on any atom is -0.348 e. The van der Waals surface area contributed by atoms with Gasteiger partial charge >= 0.3 is 0 Å². The first-order valence-electron chi connectivity index (χ1n) is 8.73. The Balaban J connectivity index is 1.41. The van der Waals surface area contributed by atoms with E-state index >= 15 is 0 Å².